The summed E-state index contributed by atoms with van der Waals surface area (Å²) in [6.45, 7) is 0. The molecule has 0 atom stereocenters. The lowest BCUT2D eigenvalue weighted by Crippen LogP contribution is -2.11. The lowest BCUT2D eigenvalue weighted by Gasteiger charge is -2.16. The van der Waals surface area contributed by atoms with E-state index < -0.39 is 10.0 Å². The van der Waals surface area contributed by atoms with Gasteiger partial charge in [-0.2, -0.15) is 0 Å². The third kappa shape index (κ3) is 3.25. The van der Waals surface area contributed by atoms with Crippen LogP contribution in [-0.2, 0) is 22.9 Å². The molecule has 21 heavy (non-hydrogen) atoms. The van der Waals surface area contributed by atoms with E-state index >= 15 is 0 Å². The second kappa shape index (κ2) is 5.50. The highest BCUT2D eigenvalue weighted by Crippen LogP contribution is 2.28. The maximum absolute atomic E-state index is 11.2. The highest BCUT2D eigenvalue weighted by atomic mass is 32.2. The van der Waals surface area contributed by atoms with E-state index in [2.05, 4.69) is 12.1 Å². The average molecular weight is 303 g/mol. The Morgan fingerprint density at radius 2 is 1.48 bits per heavy atom. The normalized spacial score (nSPS) is 14.5. The van der Waals surface area contributed by atoms with Crippen LogP contribution in [-0.4, -0.2) is 8.42 Å². The molecule has 0 aliphatic heterocycles. The van der Waals surface area contributed by atoms with Crippen LogP contribution in [0.5, 0.6) is 11.5 Å². The number of primary sulfonamides is 1. The predicted octanol–water partition coefficient (Wildman–Crippen LogP) is 3.01. The molecule has 0 bridgehead atoms. The maximum atomic E-state index is 11.2. The molecule has 0 heterocycles. The van der Waals surface area contributed by atoms with Gasteiger partial charge in [-0.15, -0.1) is 0 Å². The standard InChI is InChI=1S/C16H17NO3S/c17-21(18,19)16-9-7-14(8-10-16)20-15-6-5-12-3-1-2-4-13(12)11-15/h5-11H,1-4H2,(H2,17,18,19). The highest BCUT2D eigenvalue weighted by molar-refractivity contribution is 7.89. The first-order valence-electron chi connectivity index (χ1n) is 6.95. The van der Waals surface area contributed by atoms with Crippen molar-refractivity contribution >= 4 is 10.0 Å². The van der Waals surface area contributed by atoms with E-state index in [0.717, 1.165) is 18.6 Å². The summed E-state index contributed by atoms with van der Waals surface area (Å²) in [6.07, 6.45) is 4.71. The zero-order chi connectivity index (χ0) is 14.9. The maximum Gasteiger partial charge on any atom is 0.238 e. The number of hydrogen-bond donors (Lipinski definition) is 1. The van der Waals surface area contributed by atoms with Crippen LogP contribution in [0.25, 0.3) is 0 Å². The number of aryl methyl sites for hydroxylation is 2. The third-order valence-electron chi connectivity index (χ3n) is 3.71. The minimum atomic E-state index is -3.66. The van der Waals surface area contributed by atoms with Gasteiger partial charge in [0.15, 0.2) is 0 Å². The molecular formula is C16H17NO3S. The van der Waals surface area contributed by atoms with Crippen molar-refractivity contribution < 1.29 is 13.2 Å². The summed E-state index contributed by atoms with van der Waals surface area (Å²) in [7, 11) is -3.66. The lowest BCUT2D eigenvalue weighted by molar-refractivity contribution is 0.480. The van der Waals surface area contributed by atoms with Crippen molar-refractivity contribution in [2.75, 3.05) is 0 Å². The van der Waals surface area contributed by atoms with Gasteiger partial charge in [0.2, 0.25) is 10.0 Å². The number of hydrogen-bond acceptors (Lipinski definition) is 3. The monoisotopic (exact) mass is 303 g/mol. The minimum absolute atomic E-state index is 0.0836. The molecule has 0 radical (unpaired) electrons. The minimum Gasteiger partial charge on any atom is -0.457 e. The Morgan fingerprint density at radius 1 is 0.857 bits per heavy atom. The summed E-state index contributed by atoms with van der Waals surface area (Å²) in [5, 5.41) is 5.07. The summed E-state index contributed by atoms with van der Waals surface area (Å²) in [4.78, 5) is 0.0836. The van der Waals surface area contributed by atoms with Crippen molar-refractivity contribution in [2.45, 2.75) is 30.6 Å². The predicted molar refractivity (Wildman–Crippen MR) is 81.0 cm³/mol. The summed E-state index contributed by atoms with van der Waals surface area (Å²) in [6, 6.07) is 12.3. The molecule has 2 aromatic carbocycles. The van der Waals surface area contributed by atoms with Crippen LogP contribution in [0.15, 0.2) is 47.4 Å². The Hall–Kier alpha value is -1.85. The van der Waals surface area contributed by atoms with E-state index in [4.69, 9.17) is 9.88 Å². The van der Waals surface area contributed by atoms with Gasteiger partial charge in [0.05, 0.1) is 4.90 Å². The Bertz CT molecular complexity index is 752. The van der Waals surface area contributed by atoms with E-state index in [1.165, 1.54) is 36.1 Å². The average Bonchev–Trinajstić information content (AvgIpc) is 2.47. The second-order valence-corrected chi connectivity index (χ2v) is 6.82. The quantitative estimate of drug-likeness (QED) is 0.947. The van der Waals surface area contributed by atoms with Crippen molar-refractivity contribution in [2.24, 2.45) is 5.14 Å². The van der Waals surface area contributed by atoms with Crippen LogP contribution in [0.4, 0.5) is 0 Å². The highest BCUT2D eigenvalue weighted by Gasteiger charge is 2.11. The molecule has 2 N–H and O–H groups in total. The lowest BCUT2D eigenvalue weighted by atomic mass is 9.92. The number of ether oxygens (including phenoxy) is 1. The molecule has 0 spiro atoms. The fourth-order valence-corrected chi connectivity index (χ4v) is 3.12. The van der Waals surface area contributed by atoms with Gasteiger partial charge in [-0.25, -0.2) is 13.6 Å². The first-order valence-corrected chi connectivity index (χ1v) is 8.49. The first-order chi connectivity index (χ1) is 10.0. The van der Waals surface area contributed by atoms with Crippen LogP contribution in [0.1, 0.15) is 24.0 Å². The second-order valence-electron chi connectivity index (χ2n) is 5.26. The number of sulfonamides is 1. The molecule has 0 unspecified atom stereocenters. The van der Waals surface area contributed by atoms with Gasteiger partial charge in [0.1, 0.15) is 11.5 Å². The van der Waals surface area contributed by atoms with Crippen molar-refractivity contribution in [1.29, 1.82) is 0 Å². The Balaban J connectivity index is 1.80. The molecular weight excluding hydrogens is 286 g/mol. The van der Waals surface area contributed by atoms with Crippen LogP contribution in [0, 0.1) is 0 Å². The van der Waals surface area contributed by atoms with Gasteiger partial charge in [-0.3, -0.25) is 0 Å². The molecule has 0 aromatic heterocycles. The van der Waals surface area contributed by atoms with E-state index in [1.54, 1.807) is 12.1 Å². The van der Waals surface area contributed by atoms with E-state index in [-0.39, 0.29) is 4.90 Å². The van der Waals surface area contributed by atoms with Gasteiger partial charge >= 0.3 is 0 Å². The largest absolute Gasteiger partial charge is 0.457 e. The summed E-state index contributed by atoms with van der Waals surface area (Å²) >= 11 is 0. The summed E-state index contributed by atoms with van der Waals surface area (Å²) in [5.41, 5.74) is 2.75. The zero-order valence-electron chi connectivity index (χ0n) is 11.6. The first kappa shape index (κ1) is 14.1. The van der Waals surface area contributed by atoms with E-state index in [0.29, 0.717) is 5.75 Å². The fourth-order valence-electron chi connectivity index (χ4n) is 2.61. The smallest absolute Gasteiger partial charge is 0.238 e. The molecule has 0 saturated carbocycles. The zero-order valence-corrected chi connectivity index (χ0v) is 12.4. The SMILES string of the molecule is NS(=O)(=O)c1ccc(Oc2ccc3c(c2)CCCC3)cc1. The molecule has 0 saturated heterocycles. The summed E-state index contributed by atoms with van der Waals surface area (Å²) in [5.74, 6) is 1.37. The Morgan fingerprint density at radius 3 is 2.14 bits per heavy atom. The molecule has 1 aliphatic carbocycles. The van der Waals surface area contributed by atoms with Gasteiger partial charge < -0.3 is 4.74 Å². The Labute approximate surface area is 124 Å². The van der Waals surface area contributed by atoms with Crippen molar-refractivity contribution in [1.82, 2.24) is 0 Å². The topological polar surface area (TPSA) is 69.4 Å². The van der Waals surface area contributed by atoms with Gasteiger partial charge in [0, 0.05) is 0 Å². The number of nitrogens with two attached hydrogens (primary N) is 1. The van der Waals surface area contributed by atoms with Crippen LogP contribution < -0.4 is 9.88 Å². The van der Waals surface area contributed by atoms with Crippen molar-refractivity contribution in [3.8, 4) is 11.5 Å². The Kier molecular flexibility index (Phi) is 3.69. The van der Waals surface area contributed by atoms with E-state index in [1.807, 2.05) is 6.07 Å². The molecule has 5 heteroatoms. The molecule has 2 aromatic rings. The van der Waals surface area contributed by atoms with Crippen LogP contribution in [0.2, 0.25) is 0 Å². The van der Waals surface area contributed by atoms with Crippen LogP contribution >= 0.6 is 0 Å². The molecule has 4 nitrogen and oxygen atoms in total. The molecule has 0 fully saturated rings. The number of benzene rings is 2. The van der Waals surface area contributed by atoms with E-state index in [9.17, 15) is 8.42 Å². The fraction of sp³-hybridized carbons (Fsp3) is 0.250. The third-order valence-corrected chi connectivity index (χ3v) is 4.64. The summed E-state index contributed by atoms with van der Waals surface area (Å²) < 4.78 is 28.2. The van der Waals surface area contributed by atoms with Crippen LogP contribution in [0.3, 0.4) is 0 Å². The molecule has 0 amide bonds. The molecule has 110 valence electrons. The molecule has 1 aliphatic rings. The molecule has 3 rings (SSSR count). The van der Waals surface area contributed by atoms with Crippen molar-refractivity contribution in [3.63, 3.8) is 0 Å². The van der Waals surface area contributed by atoms with Crippen molar-refractivity contribution in [3.05, 3.63) is 53.6 Å². The number of rotatable bonds is 3. The van der Waals surface area contributed by atoms with Gasteiger partial charge in [0.25, 0.3) is 0 Å². The number of fused-ring (bicyclic) bond motifs is 1. The van der Waals surface area contributed by atoms with Gasteiger partial charge in [-0.1, -0.05) is 6.07 Å². The van der Waals surface area contributed by atoms with Gasteiger partial charge in [-0.05, 0) is 73.2 Å².